The van der Waals surface area contributed by atoms with E-state index in [4.69, 9.17) is 11.6 Å². The number of thioether (sulfide) groups is 1. The number of allylic oxidation sites excluding steroid dienone is 1. The van der Waals surface area contributed by atoms with E-state index >= 15 is 0 Å². The molecule has 0 fully saturated rings. The first kappa shape index (κ1) is 18.9. The minimum absolute atomic E-state index is 0.00736. The van der Waals surface area contributed by atoms with Gasteiger partial charge in [0.1, 0.15) is 0 Å². The Morgan fingerprint density at radius 2 is 2.31 bits per heavy atom. The molecule has 8 heteroatoms. The number of rotatable bonds is 7. The number of hydrogen-bond donors (Lipinski definition) is 1. The summed E-state index contributed by atoms with van der Waals surface area (Å²) in [5.41, 5.74) is 2.23. The number of carbonyl (C=O) groups is 1. The second-order valence-electron chi connectivity index (χ2n) is 6.26. The van der Waals surface area contributed by atoms with Crippen LogP contribution in [0.5, 0.6) is 0 Å². The lowest BCUT2D eigenvalue weighted by molar-refractivity contribution is -0.120. The van der Waals surface area contributed by atoms with Crippen LogP contribution in [0.4, 0.5) is 0 Å². The molecule has 1 aromatic carbocycles. The smallest absolute Gasteiger partial charge is 0.233 e. The molecule has 26 heavy (non-hydrogen) atoms. The zero-order valence-corrected chi connectivity index (χ0v) is 16.3. The van der Waals surface area contributed by atoms with Gasteiger partial charge >= 0.3 is 0 Å². The van der Waals surface area contributed by atoms with Gasteiger partial charge in [-0.1, -0.05) is 41.1 Å². The lowest BCUT2D eigenvalue weighted by Gasteiger charge is -2.14. The van der Waals surface area contributed by atoms with E-state index in [1.54, 1.807) is 16.8 Å². The molecule has 1 N–H and O–H groups in total. The van der Waals surface area contributed by atoms with Gasteiger partial charge in [0, 0.05) is 11.6 Å². The fourth-order valence-corrected chi connectivity index (χ4v) is 3.87. The van der Waals surface area contributed by atoms with Gasteiger partial charge in [0.05, 0.1) is 10.9 Å². The molecule has 0 saturated heterocycles. The van der Waals surface area contributed by atoms with Gasteiger partial charge in [0.25, 0.3) is 0 Å². The van der Waals surface area contributed by atoms with E-state index in [9.17, 15) is 4.79 Å². The van der Waals surface area contributed by atoms with Crippen LogP contribution in [0.3, 0.4) is 0 Å². The Hall–Kier alpha value is -1.86. The summed E-state index contributed by atoms with van der Waals surface area (Å²) in [5.74, 6) is -0.00736. The maximum Gasteiger partial charge on any atom is 0.233 e. The number of benzene rings is 1. The summed E-state index contributed by atoms with van der Waals surface area (Å²) >= 11 is 7.36. The van der Waals surface area contributed by atoms with Crippen LogP contribution in [0, 0.1) is 0 Å². The van der Waals surface area contributed by atoms with Gasteiger partial charge in [-0.3, -0.25) is 4.79 Å². The van der Waals surface area contributed by atoms with Crippen molar-refractivity contribution >= 4 is 29.3 Å². The lowest BCUT2D eigenvalue weighted by Crippen LogP contribution is -2.32. The van der Waals surface area contributed by atoms with Crippen molar-refractivity contribution in [1.82, 2.24) is 25.5 Å². The van der Waals surface area contributed by atoms with Crippen molar-refractivity contribution in [3.8, 4) is 5.69 Å². The van der Waals surface area contributed by atoms with Gasteiger partial charge in [-0.2, -0.15) is 4.68 Å². The van der Waals surface area contributed by atoms with E-state index < -0.39 is 0 Å². The Kier molecular flexibility index (Phi) is 6.68. The Balaban J connectivity index is 1.54. The summed E-state index contributed by atoms with van der Waals surface area (Å²) in [6.07, 6.45) is 8.12. The second kappa shape index (κ2) is 9.19. The summed E-state index contributed by atoms with van der Waals surface area (Å²) in [6.45, 7) is 2.53. The molecule has 138 valence electrons. The monoisotopic (exact) mass is 391 g/mol. The number of amides is 1. The first-order valence-electron chi connectivity index (χ1n) is 8.80. The Morgan fingerprint density at radius 3 is 3.08 bits per heavy atom. The summed E-state index contributed by atoms with van der Waals surface area (Å²) in [7, 11) is 0. The van der Waals surface area contributed by atoms with Gasteiger partial charge in [-0.25, -0.2) is 0 Å². The highest BCUT2D eigenvalue weighted by molar-refractivity contribution is 8.00. The van der Waals surface area contributed by atoms with E-state index in [0.717, 1.165) is 18.5 Å². The number of nitrogens with zero attached hydrogens (tertiary/aromatic N) is 4. The first-order valence-corrected chi connectivity index (χ1v) is 10.1. The molecule has 1 heterocycles. The van der Waals surface area contributed by atoms with Crippen molar-refractivity contribution in [2.45, 2.75) is 49.4 Å². The van der Waals surface area contributed by atoms with Crippen molar-refractivity contribution in [3.05, 3.63) is 40.9 Å². The van der Waals surface area contributed by atoms with Crippen LogP contribution in [0.2, 0.25) is 5.02 Å². The standard InChI is InChI=1S/C18H22ClN5OS/c1-13(17(25)20-11-10-14-6-3-2-4-7-14)26-18-21-22-23-24(18)16-9-5-8-15(19)12-16/h5-6,8-9,12-13H,2-4,7,10-11H2,1H3,(H,20,25)/t13-/m1/s1. The predicted molar refractivity (Wildman–Crippen MR) is 104 cm³/mol. The van der Waals surface area contributed by atoms with E-state index in [1.165, 1.54) is 36.6 Å². The summed E-state index contributed by atoms with van der Waals surface area (Å²) in [5, 5.41) is 15.6. The largest absolute Gasteiger partial charge is 0.355 e. The average molecular weight is 392 g/mol. The van der Waals surface area contributed by atoms with Crippen molar-refractivity contribution in [1.29, 1.82) is 0 Å². The zero-order valence-electron chi connectivity index (χ0n) is 14.7. The quantitative estimate of drug-likeness (QED) is 0.574. The zero-order chi connectivity index (χ0) is 18.4. The van der Waals surface area contributed by atoms with Crippen LogP contribution >= 0.6 is 23.4 Å². The van der Waals surface area contributed by atoms with Crippen molar-refractivity contribution in [2.24, 2.45) is 0 Å². The molecule has 1 atom stereocenters. The normalized spacial score (nSPS) is 15.4. The Morgan fingerprint density at radius 1 is 1.42 bits per heavy atom. The number of carbonyl (C=O) groups excluding carboxylic acids is 1. The number of tetrazole rings is 1. The highest BCUT2D eigenvalue weighted by atomic mass is 35.5. The number of nitrogens with one attached hydrogen (secondary N) is 1. The van der Waals surface area contributed by atoms with Gasteiger partial charge in [-0.05, 0) is 67.7 Å². The summed E-state index contributed by atoms with van der Waals surface area (Å²) < 4.78 is 1.59. The molecule has 3 rings (SSSR count). The fourth-order valence-electron chi connectivity index (χ4n) is 2.86. The predicted octanol–water partition coefficient (Wildman–Crippen LogP) is 3.80. The maximum absolute atomic E-state index is 12.4. The molecule has 6 nitrogen and oxygen atoms in total. The highest BCUT2D eigenvalue weighted by Gasteiger charge is 2.19. The molecule has 0 bridgehead atoms. The van der Waals surface area contributed by atoms with Gasteiger partial charge in [0.2, 0.25) is 11.1 Å². The fraction of sp³-hybridized carbons (Fsp3) is 0.444. The molecule has 1 aliphatic carbocycles. The molecule has 1 amide bonds. The van der Waals surface area contributed by atoms with Gasteiger partial charge < -0.3 is 5.32 Å². The summed E-state index contributed by atoms with van der Waals surface area (Å²) in [4.78, 5) is 12.4. The van der Waals surface area contributed by atoms with Crippen LogP contribution in [0.25, 0.3) is 5.69 Å². The Bertz CT molecular complexity index is 791. The number of halogens is 1. The van der Waals surface area contributed by atoms with Crippen LogP contribution in [0.1, 0.15) is 39.0 Å². The molecule has 0 saturated carbocycles. The molecular formula is C18H22ClN5OS. The third-order valence-corrected chi connectivity index (χ3v) is 5.54. The Labute approximate surface area is 162 Å². The van der Waals surface area contributed by atoms with Crippen LogP contribution < -0.4 is 5.32 Å². The lowest BCUT2D eigenvalue weighted by atomic mass is 9.97. The average Bonchev–Trinajstić information content (AvgIpc) is 3.10. The van der Waals surface area contributed by atoms with E-state index in [0.29, 0.717) is 16.7 Å². The van der Waals surface area contributed by atoms with Crippen LogP contribution in [-0.4, -0.2) is 37.9 Å². The molecule has 0 aliphatic heterocycles. The molecule has 1 aliphatic rings. The van der Waals surface area contributed by atoms with Crippen molar-refractivity contribution in [3.63, 3.8) is 0 Å². The minimum Gasteiger partial charge on any atom is -0.355 e. The van der Waals surface area contributed by atoms with Crippen molar-refractivity contribution < 1.29 is 4.79 Å². The molecule has 0 spiro atoms. The van der Waals surface area contributed by atoms with Crippen molar-refractivity contribution in [2.75, 3.05) is 6.54 Å². The minimum atomic E-state index is -0.292. The third-order valence-electron chi connectivity index (χ3n) is 4.28. The van der Waals surface area contributed by atoms with E-state index in [2.05, 4.69) is 26.9 Å². The molecule has 0 radical (unpaired) electrons. The van der Waals surface area contributed by atoms with Gasteiger partial charge in [0.15, 0.2) is 0 Å². The number of aromatic nitrogens is 4. The van der Waals surface area contributed by atoms with Crippen LogP contribution in [0.15, 0.2) is 41.1 Å². The number of hydrogen-bond acceptors (Lipinski definition) is 5. The maximum atomic E-state index is 12.4. The second-order valence-corrected chi connectivity index (χ2v) is 8.01. The first-order chi connectivity index (χ1) is 12.6. The topological polar surface area (TPSA) is 72.7 Å². The SMILES string of the molecule is C[C@@H](Sc1nnnn1-c1cccc(Cl)c1)C(=O)NCCC1=CCCCC1. The summed E-state index contributed by atoms with van der Waals surface area (Å²) in [6, 6.07) is 7.28. The molecular weight excluding hydrogens is 370 g/mol. The molecule has 0 unspecified atom stereocenters. The molecule has 2 aromatic rings. The van der Waals surface area contributed by atoms with E-state index in [-0.39, 0.29) is 11.2 Å². The third kappa shape index (κ3) is 5.08. The van der Waals surface area contributed by atoms with Gasteiger partial charge in [-0.15, -0.1) is 5.10 Å². The molecule has 1 aromatic heterocycles. The highest BCUT2D eigenvalue weighted by Crippen LogP contribution is 2.24. The van der Waals surface area contributed by atoms with Crippen LogP contribution in [-0.2, 0) is 4.79 Å². The van der Waals surface area contributed by atoms with E-state index in [1.807, 2.05) is 19.1 Å².